The number of carbonyl (C=O) groups is 1. The maximum absolute atomic E-state index is 15.5. The van der Waals surface area contributed by atoms with Crippen LogP contribution in [-0.2, 0) is 36.3 Å². The fourth-order valence-electron chi connectivity index (χ4n) is 5.43. The number of benzene rings is 2. The SMILES string of the molecule is CCC(OCC1(c2ccc(CN3[C@@H](C)CC[C@H](c4ccccc4)S3(=O)=O)c(F)c2)CCOCC1)C(=O)O. The summed E-state index contributed by atoms with van der Waals surface area (Å²) in [6.07, 6.45) is 1.80. The largest absolute Gasteiger partial charge is 0.479 e. The van der Waals surface area contributed by atoms with E-state index in [-0.39, 0.29) is 19.2 Å². The first-order valence-electron chi connectivity index (χ1n) is 12.9. The van der Waals surface area contributed by atoms with Crippen molar-refractivity contribution in [2.75, 3.05) is 19.8 Å². The molecular formula is C28H36FNO6S. The fraction of sp³-hybridized carbons (Fsp3) is 0.536. The van der Waals surface area contributed by atoms with E-state index in [9.17, 15) is 18.3 Å². The van der Waals surface area contributed by atoms with Gasteiger partial charge in [0.15, 0.2) is 6.10 Å². The molecule has 0 aromatic heterocycles. The molecule has 4 rings (SSSR count). The van der Waals surface area contributed by atoms with Gasteiger partial charge in [-0.3, -0.25) is 0 Å². The standard InChI is InChI=1S/C28H36FNO6S/c1-3-25(27(31)32)36-19-28(13-15-35-16-14-28)23-11-10-22(24(29)17-23)18-30-20(2)9-12-26(37(30,33)34)21-7-5-4-6-8-21/h4-8,10-11,17,20,25-26H,3,9,12-16,18-19H2,1-2H3,(H,31,32)/t20-,25?,26+/m0/s1. The molecule has 0 radical (unpaired) electrons. The minimum absolute atomic E-state index is 0.0392. The lowest BCUT2D eigenvalue weighted by Crippen LogP contribution is -2.45. The molecular weight excluding hydrogens is 497 g/mol. The fourth-order valence-corrected chi connectivity index (χ4v) is 7.62. The monoisotopic (exact) mass is 533 g/mol. The van der Waals surface area contributed by atoms with E-state index in [1.807, 2.05) is 43.3 Å². The third kappa shape index (κ3) is 5.90. The van der Waals surface area contributed by atoms with Crippen molar-refractivity contribution < 1.29 is 32.2 Å². The van der Waals surface area contributed by atoms with Gasteiger partial charge in [0.05, 0.1) is 6.61 Å². The normalized spacial score (nSPS) is 24.4. The van der Waals surface area contributed by atoms with Crippen LogP contribution in [0.5, 0.6) is 0 Å². The minimum Gasteiger partial charge on any atom is -0.479 e. The first-order chi connectivity index (χ1) is 17.7. The van der Waals surface area contributed by atoms with E-state index >= 15 is 4.39 Å². The first-order valence-corrected chi connectivity index (χ1v) is 14.4. The predicted octanol–water partition coefficient (Wildman–Crippen LogP) is 4.81. The van der Waals surface area contributed by atoms with Crippen molar-refractivity contribution >= 4 is 16.0 Å². The Morgan fingerprint density at radius 1 is 1.19 bits per heavy atom. The number of carboxylic acids is 1. The van der Waals surface area contributed by atoms with E-state index in [1.165, 1.54) is 10.4 Å². The van der Waals surface area contributed by atoms with Crippen molar-refractivity contribution in [3.8, 4) is 0 Å². The number of hydrogen-bond donors (Lipinski definition) is 1. The van der Waals surface area contributed by atoms with E-state index in [1.54, 1.807) is 13.0 Å². The van der Waals surface area contributed by atoms with Crippen LogP contribution in [0, 0.1) is 5.82 Å². The van der Waals surface area contributed by atoms with E-state index in [0.29, 0.717) is 56.4 Å². The molecule has 0 amide bonds. The number of nitrogens with zero attached hydrogens (tertiary/aromatic N) is 1. The van der Waals surface area contributed by atoms with Crippen LogP contribution in [0.1, 0.15) is 67.9 Å². The summed E-state index contributed by atoms with van der Waals surface area (Å²) >= 11 is 0. The third-order valence-corrected chi connectivity index (χ3v) is 10.2. The molecule has 2 aromatic carbocycles. The molecule has 1 N–H and O–H groups in total. The Hall–Kier alpha value is -2.33. The van der Waals surface area contributed by atoms with Crippen molar-refractivity contribution in [2.24, 2.45) is 0 Å². The molecule has 2 heterocycles. The van der Waals surface area contributed by atoms with Gasteiger partial charge in [-0.15, -0.1) is 0 Å². The molecule has 9 heteroatoms. The maximum Gasteiger partial charge on any atom is 0.332 e. The summed E-state index contributed by atoms with van der Waals surface area (Å²) < 4.78 is 55.4. The molecule has 0 aliphatic carbocycles. The van der Waals surface area contributed by atoms with Crippen LogP contribution in [0.3, 0.4) is 0 Å². The van der Waals surface area contributed by atoms with Gasteiger partial charge >= 0.3 is 5.97 Å². The molecule has 37 heavy (non-hydrogen) atoms. The van der Waals surface area contributed by atoms with Crippen LogP contribution < -0.4 is 0 Å². The van der Waals surface area contributed by atoms with Crippen LogP contribution in [0.2, 0.25) is 0 Å². The lowest BCUT2D eigenvalue weighted by molar-refractivity contribution is -0.152. The van der Waals surface area contributed by atoms with Crippen LogP contribution >= 0.6 is 0 Å². The highest BCUT2D eigenvalue weighted by Crippen LogP contribution is 2.40. The van der Waals surface area contributed by atoms with Crippen LogP contribution in [0.25, 0.3) is 0 Å². The zero-order valence-corrected chi connectivity index (χ0v) is 22.3. The molecule has 2 saturated heterocycles. The Kier molecular flexibility index (Phi) is 8.68. The molecule has 2 fully saturated rings. The number of ether oxygens (including phenoxy) is 2. The van der Waals surface area contributed by atoms with Gasteiger partial charge in [-0.05, 0) is 56.2 Å². The molecule has 2 aliphatic heterocycles. The summed E-state index contributed by atoms with van der Waals surface area (Å²) in [7, 11) is -3.68. The van der Waals surface area contributed by atoms with Crippen molar-refractivity contribution in [1.29, 1.82) is 0 Å². The van der Waals surface area contributed by atoms with Gasteiger partial charge in [0, 0.05) is 36.8 Å². The molecule has 2 aromatic rings. The number of hydrogen-bond acceptors (Lipinski definition) is 5. The van der Waals surface area contributed by atoms with Gasteiger partial charge < -0.3 is 14.6 Å². The van der Waals surface area contributed by atoms with Gasteiger partial charge in [0.2, 0.25) is 10.0 Å². The van der Waals surface area contributed by atoms with Gasteiger partial charge in [0.1, 0.15) is 11.1 Å². The quantitative estimate of drug-likeness (QED) is 0.497. The molecule has 0 bridgehead atoms. The van der Waals surface area contributed by atoms with Gasteiger partial charge in [-0.25, -0.2) is 17.6 Å². The van der Waals surface area contributed by atoms with Crippen molar-refractivity contribution in [1.82, 2.24) is 4.31 Å². The summed E-state index contributed by atoms with van der Waals surface area (Å²) in [4.78, 5) is 11.5. The van der Waals surface area contributed by atoms with Crippen molar-refractivity contribution in [3.63, 3.8) is 0 Å². The second-order valence-electron chi connectivity index (χ2n) is 10.2. The Bertz CT molecular complexity index is 1180. The van der Waals surface area contributed by atoms with E-state index in [0.717, 1.165) is 5.56 Å². The predicted molar refractivity (Wildman–Crippen MR) is 138 cm³/mol. The lowest BCUT2D eigenvalue weighted by atomic mass is 9.74. The van der Waals surface area contributed by atoms with Crippen molar-refractivity contribution in [2.45, 2.75) is 75.3 Å². The smallest absolute Gasteiger partial charge is 0.332 e. The van der Waals surface area contributed by atoms with Crippen LogP contribution in [0.4, 0.5) is 4.39 Å². The van der Waals surface area contributed by atoms with Gasteiger partial charge in [0.25, 0.3) is 0 Å². The summed E-state index contributed by atoms with van der Waals surface area (Å²) in [5.41, 5.74) is 1.22. The Morgan fingerprint density at radius 3 is 2.51 bits per heavy atom. The van der Waals surface area contributed by atoms with Crippen molar-refractivity contribution in [3.05, 3.63) is 71.0 Å². The molecule has 1 unspecified atom stereocenters. The van der Waals surface area contributed by atoms with Gasteiger partial charge in [-0.2, -0.15) is 4.31 Å². The number of halogens is 1. The highest BCUT2D eigenvalue weighted by atomic mass is 32.2. The van der Waals surface area contributed by atoms with Crippen LogP contribution in [-0.4, -0.2) is 55.8 Å². The number of sulfonamides is 1. The summed E-state index contributed by atoms with van der Waals surface area (Å²) in [5, 5.41) is 8.74. The second-order valence-corrected chi connectivity index (χ2v) is 12.2. The van der Waals surface area contributed by atoms with E-state index in [2.05, 4.69) is 0 Å². The number of rotatable bonds is 9. The third-order valence-electron chi connectivity index (χ3n) is 7.84. The van der Waals surface area contributed by atoms with E-state index < -0.39 is 38.6 Å². The zero-order chi connectivity index (χ0) is 26.6. The Balaban J connectivity index is 1.58. The number of carboxylic acid groups (broad SMARTS) is 1. The maximum atomic E-state index is 15.5. The molecule has 3 atom stereocenters. The zero-order valence-electron chi connectivity index (χ0n) is 21.4. The minimum atomic E-state index is -3.68. The molecule has 2 aliphatic rings. The topological polar surface area (TPSA) is 93.1 Å². The molecule has 0 spiro atoms. The van der Waals surface area contributed by atoms with Crippen LogP contribution in [0.15, 0.2) is 48.5 Å². The molecule has 7 nitrogen and oxygen atoms in total. The summed E-state index contributed by atoms with van der Waals surface area (Å²) in [6.45, 7) is 4.68. The lowest BCUT2D eigenvalue weighted by Gasteiger charge is -2.39. The van der Waals surface area contributed by atoms with Gasteiger partial charge in [-0.1, -0.05) is 49.4 Å². The molecule has 0 saturated carbocycles. The highest BCUT2D eigenvalue weighted by Gasteiger charge is 2.41. The highest BCUT2D eigenvalue weighted by molar-refractivity contribution is 7.89. The average molecular weight is 534 g/mol. The van der Waals surface area contributed by atoms with E-state index in [4.69, 9.17) is 9.47 Å². The summed E-state index contributed by atoms with van der Waals surface area (Å²) in [5.74, 6) is -1.49. The molecule has 202 valence electrons. The summed E-state index contributed by atoms with van der Waals surface area (Å²) in [6, 6.07) is 13.9. The first kappa shape index (κ1) is 27.7. The second kappa shape index (κ2) is 11.6. The Morgan fingerprint density at radius 2 is 1.89 bits per heavy atom. The number of aliphatic carboxylic acids is 1. The average Bonchev–Trinajstić information content (AvgIpc) is 2.88. The Labute approximate surface area is 218 Å².